The Morgan fingerprint density at radius 2 is 2.04 bits per heavy atom. The fraction of sp³-hybridized carbons (Fsp3) is 0.333. The lowest BCUT2D eigenvalue weighted by Gasteiger charge is -2.16. The van der Waals surface area contributed by atoms with E-state index in [2.05, 4.69) is 4.72 Å². The Kier molecular flexibility index (Phi) is 7.00. The average molecular weight is 401 g/mol. The summed E-state index contributed by atoms with van der Waals surface area (Å²) in [7, 11) is -3.31. The number of hydrogen-bond donors (Lipinski definition) is 2. The molecule has 8 heteroatoms. The van der Waals surface area contributed by atoms with E-state index in [4.69, 9.17) is 22.1 Å². The van der Waals surface area contributed by atoms with Gasteiger partial charge in [-0.15, -0.1) is 0 Å². The summed E-state index contributed by atoms with van der Waals surface area (Å²) in [5.41, 5.74) is 7.04. The molecule has 2 aromatic rings. The first-order valence-electron chi connectivity index (χ1n) is 8.16. The van der Waals surface area contributed by atoms with Gasteiger partial charge in [-0.05, 0) is 30.2 Å². The zero-order chi connectivity index (χ0) is 19.3. The standard InChI is InChI=1S/C18H22ClFN2O3S/c1-3-5-16(21)14-8-9-15(19)18(17(14)20)25-13-7-4-6-12(10-13)11-22-26(2,23)24/h4,6-10,16,22H,3,5,11,21H2,1-2H3/t16-/m1/s1. The maximum Gasteiger partial charge on any atom is 0.209 e. The van der Waals surface area contributed by atoms with Crippen LogP contribution in [-0.2, 0) is 16.6 Å². The molecular weight excluding hydrogens is 379 g/mol. The molecule has 0 aromatic heterocycles. The molecule has 0 saturated carbocycles. The molecule has 0 saturated heterocycles. The summed E-state index contributed by atoms with van der Waals surface area (Å²) < 4.78 is 45.3. The van der Waals surface area contributed by atoms with Crippen LogP contribution in [0, 0.1) is 5.82 Å². The largest absolute Gasteiger partial charge is 0.453 e. The van der Waals surface area contributed by atoms with Crippen molar-refractivity contribution in [1.82, 2.24) is 4.72 Å². The van der Waals surface area contributed by atoms with Crippen molar-refractivity contribution in [3.8, 4) is 11.5 Å². The van der Waals surface area contributed by atoms with Crippen LogP contribution in [-0.4, -0.2) is 14.7 Å². The third kappa shape index (κ3) is 5.67. The minimum Gasteiger partial charge on any atom is -0.453 e. The predicted molar refractivity (Wildman–Crippen MR) is 101 cm³/mol. The topological polar surface area (TPSA) is 81.4 Å². The van der Waals surface area contributed by atoms with Gasteiger partial charge in [0.15, 0.2) is 11.6 Å². The monoisotopic (exact) mass is 400 g/mol. The third-order valence-corrected chi connectivity index (χ3v) is 4.70. The van der Waals surface area contributed by atoms with Gasteiger partial charge >= 0.3 is 0 Å². The van der Waals surface area contributed by atoms with Crippen LogP contribution < -0.4 is 15.2 Å². The maximum atomic E-state index is 14.8. The van der Waals surface area contributed by atoms with Crippen molar-refractivity contribution < 1.29 is 17.5 Å². The highest BCUT2D eigenvalue weighted by Gasteiger charge is 2.19. The van der Waals surface area contributed by atoms with Crippen molar-refractivity contribution in [1.29, 1.82) is 0 Å². The average Bonchev–Trinajstić information content (AvgIpc) is 2.57. The van der Waals surface area contributed by atoms with Gasteiger partial charge in [-0.3, -0.25) is 0 Å². The minimum absolute atomic E-state index is 0.0936. The highest BCUT2D eigenvalue weighted by Crippen LogP contribution is 2.36. The number of sulfonamides is 1. The first-order chi connectivity index (χ1) is 12.2. The number of rotatable bonds is 8. The van der Waals surface area contributed by atoms with Crippen molar-refractivity contribution in [3.63, 3.8) is 0 Å². The van der Waals surface area contributed by atoms with Gasteiger partial charge in [-0.2, -0.15) is 0 Å². The van der Waals surface area contributed by atoms with Gasteiger partial charge in [0.25, 0.3) is 0 Å². The first kappa shape index (κ1) is 20.6. The van der Waals surface area contributed by atoms with E-state index in [-0.39, 0.29) is 17.3 Å². The van der Waals surface area contributed by atoms with E-state index >= 15 is 0 Å². The van der Waals surface area contributed by atoms with Crippen LogP contribution in [0.5, 0.6) is 11.5 Å². The van der Waals surface area contributed by atoms with Crippen LogP contribution in [0.4, 0.5) is 4.39 Å². The van der Waals surface area contributed by atoms with Gasteiger partial charge in [0.05, 0.1) is 11.3 Å². The van der Waals surface area contributed by atoms with Crippen LogP contribution in [0.15, 0.2) is 36.4 Å². The molecule has 2 aromatic carbocycles. The predicted octanol–water partition coefficient (Wildman–Crippen LogP) is 4.12. The SMILES string of the molecule is CCC[C@@H](N)c1ccc(Cl)c(Oc2cccc(CNS(C)(=O)=O)c2)c1F. The zero-order valence-corrected chi connectivity index (χ0v) is 16.2. The molecule has 0 aliphatic carbocycles. The summed E-state index contributed by atoms with van der Waals surface area (Å²) >= 11 is 6.10. The molecule has 0 heterocycles. The summed E-state index contributed by atoms with van der Waals surface area (Å²) in [6.07, 6.45) is 2.55. The molecule has 0 unspecified atom stereocenters. The molecule has 0 fully saturated rings. The molecule has 26 heavy (non-hydrogen) atoms. The fourth-order valence-electron chi connectivity index (χ4n) is 2.45. The second-order valence-electron chi connectivity index (χ2n) is 6.02. The van der Waals surface area contributed by atoms with Crippen molar-refractivity contribution in [2.75, 3.05) is 6.26 Å². The molecule has 5 nitrogen and oxygen atoms in total. The van der Waals surface area contributed by atoms with E-state index in [0.717, 1.165) is 12.7 Å². The summed E-state index contributed by atoms with van der Waals surface area (Å²) in [5, 5.41) is 0.134. The fourth-order valence-corrected chi connectivity index (χ4v) is 3.06. The quantitative estimate of drug-likeness (QED) is 0.698. The van der Waals surface area contributed by atoms with Crippen LogP contribution in [0.3, 0.4) is 0 Å². The third-order valence-electron chi connectivity index (χ3n) is 3.73. The summed E-state index contributed by atoms with van der Waals surface area (Å²) in [6, 6.07) is 9.36. The van der Waals surface area contributed by atoms with Gasteiger partial charge in [0.2, 0.25) is 10.0 Å². The highest BCUT2D eigenvalue weighted by atomic mass is 35.5. The van der Waals surface area contributed by atoms with E-state index in [1.165, 1.54) is 0 Å². The Morgan fingerprint density at radius 1 is 1.31 bits per heavy atom. The lowest BCUT2D eigenvalue weighted by atomic mass is 10.0. The Labute approximate surface area is 158 Å². The molecule has 2 rings (SSSR count). The maximum absolute atomic E-state index is 14.8. The van der Waals surface area contributed by atoms with Crippen LogP contribution in [0.2, 0.25) is 5.02 Å². The minimum atomic E-state index is -3.31. The normalized spacial score (nSPS) is 12.8. The molecule has 0 bridgehead atoms. The van der Waals surface area contributed by atoms with E-state index in [9.17, 15) is 12.8 Å². The van der Waals surface area contributed by atoms with Crippen molar-refractivity contribution in [2.45, 2.75) is 32.4 Å². The molecule has 142 valence electrons. The number of benzene rings is 2. The van der Waals surface area contributed by atoms with Crippen LogP contribution in [0.25, 0.3) is 0 Å². The molecule has 1 atom stereocenters. The Morgan fingerprint density at radius 3 is 2.69 bits per heavy atom. The highest BCUT2D eigenvalue weighted by molar-refractivity contribution is 7.88. The van der Waals surface area contributed by atoms with Gasteiger partial charge in [0.1, 0.15) is 5.75 Å². The summed E-state index contributed by atoms with van der Waals surface area (Å²) in [6.45, 7) is 2.08. The van der Waals surface area contributed by atoms with E-state index in [1.807, 2.05) is 6.92 Å². The summed E-state index contributed by atoms with van der Waals surface area (Å²) in [4.78, 5) is 0. The smallest absolute Gasteiger partial charge is 0.209 e. The van der Waals surface area contributed by atoms with Crippen molar-refractivity contribution >= 4 is 21.6 Å². The lowest BCUT2D eigenvalue weighted by molar-refractivity contribution is 0.433. The molecular formula is C18H22ClFN2O3S. The number of hydrogen-bond acceptors (Lipinski definition) is 4. The van der Waals surface area contributed by atoms with Crippen LogP contribution in [0.1, 0.15) is 36.9 Å². The first-order valence-corrected chi connectivity index (χ1v) is 10.4. The number of nitrogens with two attached hydrogens (primary N) is 1. The van der Waals surface area contributed by atoms with Gasteiger partial charge in [0, 0.05) is 18.2 Å². The van der Waals surface area contributed by atoms with Crippen molar-refractivity contribution in [2.24, 2.45) is 5.73 Å². The van der Waals surface area contributed by atoms with Gasteiger partial charge in [-0.25, -0.2) is 17.5 Å². The van der Waals surface area contributed by atoms with E-state index in [1.54, 1.807) is 36.4 Å². The molecule has 0 radical (unpaired) electrons. The second-order valence-corrected chi connectivity index (χ2v) is 8.26. The summed E-state index contributed by atoms with van der Waals surface area (Å²) in [5.74, 6) is -0.332. The van der Waals surface area contributed by atoms with Crippen molar-refractivity contribution in [3.05, 3.63) is 58.4 Å². The molecule has 0 aliphatic heterocycles. The Balaban J connectivity index is 2.26. The van der Waals surface area contributed by atoms with Gasteiger partial charge in [-0.1, -0.05) is 43.1 Å². The van der Waals surface area contributed by atoms with Gasteiger partial charge < -0.3 is 10.5 Å². The van der Waals surface area contributed by atoms with E-state index in [0.29, 0.717) is 23.3 Å². The Hall–Kier alpha value is -1.67. The number of ether oxygens (including phenoxy) is 1. The van der Waals surface area contributed by atoms with E-state index < -0.39 is 21.9 Å². The second kappa shape index (κ2) is 8.81. The zero-order valence-electron chi connectivity index (χ0n) is 14.6. The molecule has 3 N–H and O–H groups in total. The number of halogens is 2. The Bertz CT molecular complexity index is 875. The number of nitrogens with one attached hydrogen (secondary N) is 1. The molecule has 0 aliphatic rings. The lowest BCUT2D eigenvalue weighted by Crippen LogP contribution is -2.21. The molecule has 0 spiro atoms. The molecule has 0 amide bonds. The van der Waals surface area contributed by atoms with Crippen LogP contribution >= 0.6 is 11.6 Å².